The van der Waals surface area contributed by atoms with E-state index < -0.39 is 43.5 Å². The number of carboxylic acid groups (broad SMARTS) is 1. The number of hydrogen-bond donors (Lipinski definition) is 2. The molecule has 0 spiro atoms. The van der Waals surface area contributed by atoms with Gasteiger partial charge in [0, 0.05) is 12.1 Å². The standard InChI is InChI=1S/C12H16N2O6S/c1-7-5-4-6-10(14(17)18)11(7)21(19,20)13-9(3)8(2)12(15)16/h4-6,8-9,13H,1-3H3,(H,15,16). The van der Waals surface area contributed by atoms with Crippen molar-refractivity contribution >= 4 is 21.7 Å². The summed E-state index contributed by atoms with van der Waals surface area (Å²) in [5, 5.41) is 19.8. The summed E-state index contributed by atoms with van der Waals surface area (Å²) >= 11 is 0. The van der Waals surface area contributed by atoms with Crippen LogP contribution in [0.3, 0.4) is 0 Å². The van der Waals surface area contributed by atoms with Crippen molar-refractivity contribution in [2.45, 2.75) is 31.7 Å². The lowest BCUT2D eigenvalue weighted by Crippen LogP contribution is -2.40. The summed E-state index contributed by atoms with van der Waals surface area (Å²) in [6.07, 6.45) is 0. The number of nitrogens with zero attached hydrogens (tertiary/aromatic N) is 1. The second-order valence-corrected chi connectivity index (χ2v) is 6.37. The van der Waals surface area contributed by atoms with Crippen molar-refractivity contribution in [2.75, 3.05) is 0 Å². The van der Waals surface area contributed by atoms with Crippen LogP contribution in [0.15, 0.2) is 23.1 Å². The van der Waals surface area contributed by atoms with Crippen molar-refractivity contribution in [3.05, 3.63) is 33.9 Å². The molecule has 0 radical (unpaired) electrons. The first-order chi connectivity index (χ1) is 9.58. The van der Waals surface area contributed by atoms with Crippen LogP contribution in [0.2, 0.25) is 0 Å². The minimum Gasteiger partial charge on any atom is -0.481 e. The molecule has 1 aromatic rings. The van der Waals surface area contributed by atoms with Crippen LogP contribution in [-0.4, -0.2) is 30.5 Å². The molecule has 8 nitrogen and oxygen atoms in total. The molecule has 0 aliphatic carbocycles. The minimum absolute atomic E-state index is 0.215. The molecular weight excluding hydrogens is 300 g/mol. The Bertz CT molecular complexity index is 670. The molecule has 21 heavy (non-hydrogen) atoms. The van der Waals surface area contributed by atoms with Gasteiger partial charge in [-0.25, -0.2) is 13.1 Å². The fraction of sp³-hybridized carbons (Fsp3) is 0.417. The smallest absolute Gasteiger partial charge is 0.307 e. The van der Waals surface area contributed by atoms with E-state index in [1.165, 1.54) is 32.9 Å². The monoisotopic (exact) mass is 316 g/mol. The molecule has 0 fully saturated rings. The molecule has 0 aliphatic rings. The predicted molar refractivity (Wildman–Crippen MR) is 74.4 cm³/mol. The number of sulfonamides is 1. The van der Waals surface area contributed by atoms with Gasteiger partial charge in [0.2, 0.25) is 10.0 Å². The second-order valence-electron chi connectivity index (χ2n) is 4.72. The van der Waals surface area contributed by atoms with Gasteiger partial charge in [-0.1, -0.05) is 19.1 Å². The van der Waals surface area contributed by atoms with E-state index in [1.54, 1.807) is 0 Å². The SMILES string of the molecule is Cc1cccc([N+](=O)[O-])c1S(=O)(=O)NC(C)C(C)C(=O)O. The topological polar surface area (TPSA) is 127 Å². The first kappa shape index (κ1) is 17.1. The van der Waals surface area contributed by atoms with E-state index in [0.717, 1.165) is 6.07 Å². The Morgan fingerprint density at radius 3 is 2.43 bits per heavy atom. The summed E-state index contributed by atoms with van der Waals surface area (Å²) in [5.74, 6) is -2.13. The lowest BCUT2D eigenvalue weighted by atomic mass is 10.1. The quantitative estimate of drug-likeness (QED) is 0.601. The van der Waals surface area contributed by atoms with Crippen molar-refractivity contribution in [1.29, 1.82) is 0 Å². The molecule has 0 aliphatic heterocycles. The van der Waals surface area contributed by atoms with E-state index in [2.05, 4.69) is 4.72 Å². The van der Waals surface area contributed by atoms with Gasteiger partial charge in [0.05, 0.1) is 10.8 Å². The Morgan fingerprint density at radius 2 is 1.95 bits per heavy atom. The van der Waals surface area contributed by atoms with Crippen molar-refractivity contribution in [1.82, 2.24) is 4.72 Å². The van der Waals surface area contributed by atoms with Crippen LogP contribution in [-0.2, 0) is 14.8 Å². The van der Waals surface area contributed by atoms with Gasteiger partial charge in [0.15, 0.2) is 4.90 Å². The summed E-state index contributed by atoms with van der Waals surface area (Å²) in [7, 11) is -4.20. The summed E-state index contributed by atoms with van der Waals surface area (Å²) in [4.78, 5) is 20.6. The largest absolute Gasteiger partial charge is 0.481 e. The zero-order chi connectivity index (χ0) is 16.4. The highest BCUT2D eigenvalue weighted by Gasteiger charge is 2.31. The highest BCUT2D eigenvalue weighted by molar-refractivity contribution is 7.89. The van der Waals surface area contributed by atoms with Crippen LogP contribution in [0.1, 0.15) is 19.4 Å². The number of carbonyl (C=O) groups is 1. The van der Waals surface area contributed by atoms with E-state index >= 15 is 0 Å². The number of carboxylic acids is 1. The van der Waals surface area contributed by atoms with E-state index in [4.69, 9.17) is 5.11 Å². The molecule has 1 rings (SSSR count). The third-order valence-electron chi connectivity index (χ3n) is 3.14. The predicted octanol–water partition coefficient (Wildman–Crippen LogP) is 1.29. The molecule has 0 bridgehead atoms. The maximum absolute atomic E-state index is 12.3. The zero-order valence-corrected chi connectivity index (χ0v) is 12.5. The number of benzene rings is 1. The highest BCUT2D eigenvalue weighted by Crippen LogP contribution is 2.27. The Kier molecular flexibility index (Phi) is 5.02. The zero-order valence-electron chi connectivity index (χ0n) is 11.7. The number of nitro benzene ring substituents is 1. The van der Waals surface area contributed by atoms with Crippen LogP contribution in [0, 0.1) is 23.0 Å². The highest BCUT2D eigenvalue weighted by atomic mass is 32.2. The molecule has 0 amide bonds. The third-order valence-corrected chi connectivity index (χ3v) is 4.89. The third kappa shape index (κ3) is 3.76. The van der Waals surface area contributed by atoms with Gasteiger partial charge in [0.25, 0.3) is 5.69 Å². The molecule has 0 heterocycles. The Hall–Kier alpha value is -2.00. The fourth-order valence-electron chi connectivity index (χ4n) is 1.75. The van der Waals surface area contributed by atoms with Crippen LogP contribution in [0.4, 0.5) is 5.69 Å². The lowest BCUT2D eigenvalue weighted by molar-refractivity contribution is -0.387. The molecule has 0 saturated carbocycles. The molecule has 116 valence electrons. The van der Waals surface area contributed by atoms with Crippen molar-refractivity contribution in [2.24, 2.45) is 5.92 Å². The van der Waals surface area contributed by atoms with Crippen LogP contribution >= 0.6 is 0 Å². The van der Waals surface area contributed by atoms with Crippen molar-refractivity contribution in [3.8, 4) is 0 Å². The van der Waals surface area contributed by atoms with E-state index in [9.17, 15) is 23.3 Å². The molecule has 2 atom stereocenters. The first-order valence-corrected chi connectivity index (χ1v) is 7.55. The summed E-state index contributed by atoms with van der Waals surface area (Å²) in [6.45, 7) is 4.18. The lowest BCUT2D eigenvalue weighted by Gasteiger charge is -2.18. The Balaban J connectivity index is 3.27. The van der Waals surface area contributed by atoms with Crippen LogP contribution in [0.25, 0.3) is 0 Å². The first-order valence-electron chi connectivity index (χ1n) is 6.07. The van der Waals surface area contributed by atoms with Crippen LogP contribution < -0.4 is 4.72 Å². The van der Waals surface area contributed by atoms with Crippen LogP contribution in [0.5, 0.6) is 0 Å². The second kappa shape index (κ2) is 6.19. The van der Waals surface area contributed by atoms with Crippen molar-refractivity contribution in [3.63, 3.8) is 0 Å². The Labute approximate surface area is 122 Å². The summed E-state index contributed by atoms with van der Waals surface area (Å²) in [6, 6.07) is 3.00. The van der Waals surface area contributed by atoms with Gasteiger partial charge < -0.3 is 5.11 Å². The molecule has 2 unspecified atom stereocenters. The maximum atomic E-state index is 12.3. The average Bonchev–Trinajstić information content (AvgIpc) is 2.36. The van der Waals surface area contributed by atoms with Gasteiger partial charge in [-0.15, -0.1) is 0 Å². The molecule has 0 saturated heterocycles. The molecule has 2 N–H and O–H groups in total. The van der Waals surface area contributed by atoms with Crippen molar-refractivity contribution < 1.29 is 23.2 Å². The number of aryl methyl sites for hydroxylation is 1. The molecular formula is C12H16N2O6S. The summed E-state index contributed by atoms with van der Waals surface area (Å²) < 4.78 is 26.8. The van der Waals surface area contributed by atoms with Gasteiger partial charge in [-0.05, 0) is 19.4 Å². The number of aliphatic carboxylic acids is 1. The van der Waals surface area contributed by atoms with Gasteiger partial charge >= 0.3 is 5.97 Å². The van der Waals surface area contributed by atoms with Gasteiger partial charge in [-0.2, -0.15) is 0 Å². The average molecular weight is 316 g/mol. The minimum atomic E-state index is -4.20. The van der Waals surface area contributed by atoms with E-state index in [1.807, 2.05) is 0 Å². The molecule has 1 aromatic carbocycles. The number of hydrogen-bond acceptors (Lipinski definition) is 5. The fourth-order valence-corrected chi connectivity index (χ4v) is 3.47. The van der Waals surface area contributed by atoms with Gasteiger partial charge in [0.1, 0.15) is 0 Å². The number of nitrogens with one attached hydrogen (secondary N) is 1. The van der Waals surface area contributed by atoms with E-state index in [0.29, 0.717) is 0 Å². The van der Waals surface area contributed by atoms with E-state index in [-0.39, 0.29) is 5.56 Å². The molecule has 0 aromatic heterocycles. The normalized spacial score (nSPS) is 14.4. The van der Waals surface area contributed by atoms with Gasteiger partial charge in [-0.3, -0.25) is 14.9 Å². The molecule has 9 heteroatoms. The summed E-state index contributed by atoms with van der Waals surface area (Å²) in [5.41, 5.74) is -0.329. The Morgan fingerprint density at radius 1 is 1.38 bits per heavy atom. The number of rotatable bonds is 6. The maximum Gasteiger partial charge on any atom is 0.307 e. The number of nitro groups is 1.